The van der Waals surface area contributed by atoms with E-state index in [1.165, 1.54) is 6.20 Å². The average Bonchev–Trinajstić information content (AvgIpc) is 2.43. The van der Waals surface area contributed by atoms with Gasteiger partial charge in [-0.05, 0) is 6.92 Å². The molecule has 0 N–H and O–H groups in total. The summed E-state index contributed by atoms with van der Waals surface area (Å²) in [5, 5.41) is 3.44. The normalized spacial score (nSPS) is 10.1. The number of alkyl halides is 2. The molecule has 0 bridgehead atoms. The molecule has 0 amide bonds. The second-order valence-electron chi connectivity index (χ2n) is 2.35. The van der Waals surface area contributed by atoms with E-state index in [4.69, 9.17) is 11.2 Å². The van der Waals surface area contributed by atoms with Crippen LogP contribution in [0.2, 0.25) is 0 Å². The molecule has 0 aliphatic rings. The Morgan fingerprint density at radius 3 is 3.00 bits per heavy atom. The maximum Gasteiger partial charge on any atom is 0.336 e. The smallest absolute Gasteiger partial charge is 0.336 e. The summed E-state index contributed by atoms with van der Waals surface area (Å²) in [5.41, 5.74) is 0.538. The fraction of sp³-hybridized carbons (Fsp3) is 0.375. The highest BCUT2D eigenvalue weighted by Gasteiger charge is 2.15. The third-order valence-electron chi connectivity index (χ3n) is 1.40. The average molecular weight is 186 g/mol. The van der Waals surface area contributed by atoms with Crippen molar-refractivity contribution in [1.82, 2.24) is 9.78 Å². The Balaban J connectivity index is 2.89. The van der Waals surface area contributed by atoms with E-state index in [1.807, 2.05) is 0 Å². The summed E-state index contributed by atoms with van der Waals surface area (Å²) >= 11 is 0. The number of aryl methyl sites for hydroxylation is 1. The number of ether oxygens (including phenoxy) is 1. The van der Waals surface area contributed by atoms with Crippen LogP contribution in [0.15, 0.2) is 6.20 Å². The van der Waals surface area contributed by atoms with Crippen LogP contribution in [0.1, 0.15) is 12.1 Å². The van der Waals surface area contributed by atoms with E-state index in [0.717, 1.165) is 0 Å². The molecule has 0 fully saturated rings. The van der Waals surface area contributed by atoms with Gasteiger partial charge in [-0.2, -0.15) is 18.6 Å². The van der Waals surface area contributed by atoms with Crippen LogP contribution in [-0.4, -0.2) is 16.4 Å². The summed E-state index contributed by atoms with van der Waals surface area (Å²) in [5.74, 6) is 2.21. The largest absolute Gasteiger partial charge is 0.464 e. The fourth-order valence-electron chi connectivity index (χ4n) is 0.866. The quantitative estimate of drug-likeness (QED) is 0.670. The summed E-state index contributed by atoms with van der Waals surface area (Å²) in [6.07, 6.45) is 6.23. The minimum atomic E-state index is -2.71. The molecule has 1 aromatic rings. The predicted octanol–water partition coefficient (Wildman–Crippen LogP) is 1.60. The Labute approximate surface area is 74.3 Å². The first kappa shape index (κ1) is 9.52. The molecule has 5 heteroatoms. The number of terminal acetylenes is 1. The Kier molecular flexibility index (Phi) is 2.85. The second kappa shape index (κ2) is 3.90. The van der Waals surface area contributed by atoms with Gasteiger partial charge in [0, 0.05) is 5.56 Å². The van der Waals surface area contributed by atoms with E-state index in [2.05, 4.69) is 11.0 Å². The molecule has 0 atom stereocenters. The molecule has 0 aliphatic heterocycles. The second-order valence-corrected chi connectivity index (χ2v) is 2.35. The predicted molar refractivity (Wildman–Crippen MR) is 42.5 cm³/mol. The highest BCUT2D eigenvalue weighted by Crippen LogP contribution is 2.22. The third kappa shape index (κ3) is 1.96. The number of hydrogen-bond acceptors (Lipinski definition) is 2. The molecule has 3 nitrogen and oxygen atoms in total. The summed E-state index contributed by atoms with van der Waals surface area (Å²) in [7, 11) is 0. The Hall–Kier alpha value is -1.57. The number of hydrogen-bond donors (Lipinski definition) is 0. The van der Waals surface area contributed by atoms with Crippen molar-refractivity contribution in [2.24, 2.45) is 0 Å². The molecule has 0 saturated carbocycles. The minimum Gasteiger partial charge on any atom is -0.464 e. The van der Waals surface area contributed by atoms with Crippen molar-refractivity contribution in [3.63, 3.8) is 0 Å². The van der Waals surface area contributed by atoms with Crippen molar-refractivity contribution in [2.75, 3.05) is 6.61 Å². The maximum absolute atomic E-state index is 12.2. The van der Waals surface area contributed by atoms with Crippen LogP contribution in [0.25, 0.3) is 0 Å². The summed E-state index contributed by atoms with van der Waals surface area (Å²) in [6, 6.07) is 0. The van der Waals surface area contributed by atoms with E-state index < -0.39 is 6.55 Å². The maximum atomic E-state index is 12.2. The first-order valence-electron chi connectivity index (χ1n) is 3.55. The molecule has 1 heterocycles. The number of halogens is 2. The van der Waals surface area contributed by atoms with Crippen LogP contribution >= 0.6 is 0 Å². The molecular weight excluding hydrogens is 178 g/mol. The van der Waals surface area contributed by atoms with Crippen LogP contribution in [0.4, 0.5) is 8.78 Å². The van der Waals surface area contributed by atoms with Gasteiger partial charge in [0.15, 0.2) is 6.61 Å². The van der Waals surface area contributed by atoms with Crippen LogP contribution in [0.5, 0.6) is 5.88 Å². The molecule has 0 spiro atoms. The van der Waals surface area contributed by atoms with Gasteiger partial charge in [0.2, 0.25) is 5.88 Å². The molecule has 0 aromatic carbocycles. The number of aromatic nitrogens is 2. The molecule has 0 aliphatic carbocycles. The third-order valence-corrected chi connectivity index (χ3v) is 1.40. The zero-order valence-electron chi connectivity index (χ0n) is 7.00. The molecule has 0 saturated heterocycles. The first-order valence-corrected chi connectivity index (χ1v) is 3.55. The van der Waals surface area contributed by atoms with Crippen molar-refractivity contribution in [3.05, 3.63) is 11.8 Å². The van der Waals surface area contributed by atoms with Crippen LogP contribution in [0.3, 0.4) is 0 Å². The first-order chi connectivity index (χ1) is 6.16. The summed E-state index contributed by atoms with van der Waals surface area (Å²) < 4.78 is 29.9. The Bertz CT molecular complexity index is 327. The van der Waals surface area contributed by atoms with Gasteiger partial charge in [-0.15, -0.1) is 6.42 Å². The monoisotopic (exact) mass is 186 g/mol. The molecule has 0 radical (unpaired) electrons. The highest BCUT2D eigenvalue weighted by molar-refractivity contribution is 5.22. The Morgan fingerprint density at radius 2 is 2.46 bits per heavy atom. The van der Waals surface area contributed by atoms with E-state index in [9.17, 15) is 8.78 Å². The lowest BCUT2D eigenvalue weighted by atomic mass is 10.4. The van der Waals surface area contributed by atoms with Gasteiger partial charge in [0.25, 0.3) is 0 Å². The Morgan fingerprint density at radius 1 is 1.77 bits per heavy atom. The van der Waals surface area contributed by atoms with E-state index in [1.54, 1.807) is 6.92 Å². The molecular formula is C8H8F2N2O. The van der Waals surface area contributed by atoms with Crippen molar-refractivity contribution in [1.29, 1.82) is 0 Å². The van der Waals surface area contributed by atoms with Crippen LogP contribution in [0, 0.1) is 19.3 Å². The zero-order chi connectivity index (χ0) is 9.84. The van der Waals surface area contributed by atoms with Gasteiger partial charge < -0.3 is 4.74 Å². The van der Waals surface area contributed by atoms with E-state index >= 15 is 0 Å². The molecule has 0 unspecified atom stereocenters. The lowest BCUT2D eigenvalue weighted by Crippen LogP contribution is -2.06. The van der Waals surface area contributed by atoms with E-state index in [0.29, 0.717) is 10.2 Å². The van der Waals surface area contributed by atoms with Gasteiger partial charge in [-0.3, -0.25) is 0 Å². The van der Waals surface area contributed by atoms with Crippen molar-refractivity contribution >= 4 is 0 Å². The summed E-state index contributed by atoms with van der Waals surface area (Å²) in [6.45, 7) is -1.13. The van der Waals surface area contributed by atoms with Crippen LogP contribution < -0.4 is 4.74 Å². The van der Waals surface area contributed by atoms with Gasteiger partial charge >= 0.3 is 6.55 Å². The van der Waals surface area contributed by atoms with Gasteiger partial charge in [0.1, 0.15) is 0 Å². The minimum absolute atomic E-state index is 0.0213. The molecule has 70 valence electrons. The summed E-state index contributed by atoms with van der Waals surface area (Å²) in [4.78, 5) is 0. The van der Waals surface area contributed by atoms with Crippen molar-refractivity contribution < 1.29 is 13.5 Å². The van der Waals surface area contributed by atoms with Gasteiger partial charge in [-0.25, -0.2) is 0 Å². The van der Waals surface area contributed by atoms with Crippen molar-refractivity contribution in [2.45, 2.75) is 13.5 Å². The van der Waals surface area contributed by atoms with E-state index in [-0.39, 0.29) is 12.5 Å². The van der Waals surface area contributed by atoms with Gasteiger partial charge in [-0.1, -0.05) is 5.92 Å². The number of rotatable bonds is 3. The van der Waals surface area contributed by atoms with Gasteiger partial charge in [0.05, 0.1) is 6.20 Å². The standard InChI is InChI=1S/C8H8F2N2O/c1-3-4-13-7-6(2)5-11-12(7)8(9)10/h1,5,8H,4H2,2H3. The lowest BCUT2D eigenvalue weighted by Gasteiger charge is -2.06. The molecule has 13 heavy (non-hydrogen) atoms. The highest BCUT2D eigenvalue weighted by atomic mass is 19.3. The number of nitrogens with zero attached hydrogens (tertiary/aromatic N) is 2. The topological polar surface area (TPSA) is 27.1 Å². The SMILES string of the molecule is C#CCOc1c(C)cnn1C(F)F. The lowest BCUT2D eigenvalue weighted by molar-refractivity contribution is 0.0466. The van der Waals surface area contributed by atoms with Crippen molar-refractivity contribution in [3.8, 4) is 18.2 Å². The molecule has 1 aromatic heterocycles. The zero-order valence-corrected chi connectivity index (χ0v) is 7.00. The fourth-order valence-corrected chi connectivity index (χ4v) is 0.866. The molecule has 1 rings (SSSR count). The van der Waals surface area contributed by atoms with Crippen LogP contribution in [-0.2, 0) is 0 Å².